The molecule has 0 aliphatic carbocycles. The van der Waals surface area contributed by atoms with Crippen LogP contribution in [0.5, 0.6) is 0 Å². The van der Waals surface area contributed by atoms with Gasteiger partial charge in [0.1, 0.15) is 0 Å². The SMILES string of the molecule is CNC(=O)CC(CC(C)(Cl)CSSCC(C)(Cl)CC(CC(N)=O)C(N)=O)C(=O)NC. The summed E-state index contributed by atoms with van der Waals surface area (Å²) in [6.45, 7) is 3.59. The Morgan fingerprint density at radius 3 is 1.70 bits per heavy atom. The predicted octanol–water partition coefficient (Wildman–Crippen LogP) is 1.62. The van der Waals surface area contributed by atoms with Gasteiger partial charge in [0.05, 0.1) is 9.75 Å². The van der Waals surface area contributed by atoms with E-state index in [0.29, 0.717) is 17.9 Å². The fourth-order valence-corrected chi connectivity index (χ4v) is 6.82. The Kier molecular flexibility index (Phi) is 13.2. The highest BCUT2D eigenvalue weighted by molar-refractivity contribution is 8.76. The number of carbonyl (C=O) groups is 4. The molecule has 4 amide bonds. The number of nitrogens with one attached hydrogen (secondary N) is 2. The molecule has 0 radical (unpaired) electrons. The van der Waals surface area contributed by atoms with Crippen LogP contribution in [0.15, 0.2) is 0 Å². The standard InChI is InChI=1S/C18H32Cl2N4O4S2/c1-17(19,7-11(15(22)27)5-13(21)25)9-29-30-10-18(2,20)8-12(16(28)24-4)6-14(26)23-3/h11-12H,5-10H2,1-4H3,(H2,21,25)(H2,22,27)(H,23,26)(H,24,28). The number of carbonyl (C=O) groups excluding carboxylic acids is 4. The summed E-state index contributed by atoms with van der Waals surface area (Å²) in [7, 11) is 5.99. The van der Waals surface area contributed by atoms with Gasteiger partial charge in [0, 0.05) is 50.3 Å². The van der Waals surface area contributed by atoms with Crippen molar-refractivity contribution in [1.29, 1.82) is 0 Å². The molecule has 0 aromatic carbocycles. The van der Waals surface area contributed by atoms with Crippen LogP contribution in [0.4, 0.5) is 0 Å². The van der Waals surface area contributed by atoms with E-state index in [9.17, 15) is 19.2 Å². The Balaban J connectivity index is 4.68. The van der Waals surface area contributed by atoms with Crippen molar-refractivity contribution >= 4 is 68.4 Å². The molecular weight excluding hydrogens is 471 g/mol. The van der Waals surface area contributed by atoms with Gasteiger partial charge in [-0.25, -0.2) is 0 Å². The molecule has 4 atom stereocenters. The highest BCUT2D eigenvalue weighted by atomic mass is 35.5. The smallest absolute Gasteiger partial charge is 0.223 e. The van der Waals surface area contributed by atoms with E-state index < -0.39 is 33.4 Å². The number of amides is 4. The highest BCUT2D eigenvalue weighted by Crippen LogP contribution is 2.38. The van der Waals surface area contributed by atoms with Crippen LogP contribution in [0.3, 0.4) is 0 Å². The van der Waals surface area contributed by atoms with E-state index in [2.05, 4.69) is 10.6 Å². The first-order valence-corrected chi connectivity index (χ1v) is 12.6. The van der Waals surface area contributed by atoms with Gasteiger partial charge < -0.3 is 22.1 Å². The van der Waals surface area contributed by atoms with Crippen LogP contribution < -0.4 is 22.1 Å². The topological polar surface area (TPSA) is 144 Å². The zero-order chi connectivity index (χ0) is 23.5. The van der Waals surface area contributed by atoms with E-state index in [-0.39, 0.29) is 31.1 Å². The highest BCUT2D eigenvalue weighted by Gasteiger charge is 2.33. The van der Waals surface area contributed by atoms with Crippen molar-refractivity contribution in [2.45, 2.75) is 49.3 Å². The fourth-order valence-electron chi connectivity index (χ4n) is 2.78. The average molecular weight is 504 g/mol. The lowest BCUT2D eigenvalue weighted by Gasteiger charge is -2.28. The summed E-state index contributed by atoms with van der Waals surface area (Å²) >= 11 is 13.1. The van der Waals surface area contributed by atoms with Crippen LogP contribution in [0.2, 0.25) is 0 Å². The molecule has 0 heterocycles. The van der Waals surface area contributed by atoms with Crippen LogP contribution in [0, 0.1) is 11.8 Å². The average Bonchev–Trinajstić information content (AvgIpc) is 2.62. The molecule has 6 N–H and O–H groups in total. The van der Waals surface area contributed by atoms with Crippen LogP contribution >= 0.6 is 44.8 Å². The van der Waals surface area contributed by atoms with Crippen molar-refractivity contribution in [1.82, 2.24) is 10.6 Å². The van der Waals surface area contributed by atoms with Crippen molar-refractivity contribution in [3.05, 3.63) is 0 Å². The first-order valence-electron chi connectivity index (χ1n) is 9.35. The summed E-state index contributed by atoms with van der Waals surface area (Å²) in [5.74, 6) is -1.94. The molecule has 0 aromatic heterocycles. The van der Waals surface area contributed by atoms with Crippen molar-refractivity contribution in [2.75, 3.05) is 25.6 Å². The summed E-state index contributed by atoms with van der Waals surface area (Å²) in [6, 6.07) is 0. The molecule has 0 aromatic rings. The number of nitrogens with two attached hydrogens (primary N) is 2. The second-order valence-electron chi connectivity index (χ2n) is 7.72. The fraction of sp³-hybridized carbons (Fsp3) is 0.778. The van der Waals surface area contributed by atoms with Gasteiger partial charge in [0.2, 0.25) is 23.6 Å². The maximum atomic E-state index is 12.1. The molecule has 30 heavy (non-hydrogen) atoms. The summed E-state index contributed by atoms with van der Waals surface area (Å²) in [5, 5.41) is 5.08. The van der Waals surface area contributed by atoms with Crippen LogP contribution in [0.25, 0.3) is 0 Å². The molecule has 174 valence electrons. The van der Waals surface area contributed by atoms with Gasteiger partial charge in [-0.15, -0.1) is 23.2 Å². The largest absolute Gasteiger partial charge is 0.370 e. The lowest BCUT2D eigenvalue weighted by molar-refractivity contribution is -0.130. The van der Waals surface area contributed by atoms with Gasteiger partial charge in [0.15, 0.2) is 0 Å². The normalized spacial score (nSPS) is 17.1. The van der Waals surface area contributed by atoms with E-state index in [4.69, 9.17) is 34.7 Å². The van der Waals surface area contributed by atoms with Crippen molar-refractivity contribution in [3.8, 4) is 0 Å². The van der Waals surface area contributed by atoms with Crippen molar-refractivity contribution in [2.24, 2.45) is 23.3 Å². The summed E-state index contributed by atoms with van der Waals surface area (Å²) in [5.41, 5.74) is 10.5. The number of alkyl halides is 2. The van der Waals surface area contributed by atoms with E-state index in [0.717, 1.165) is 0 Å². The van der Waals surface area contributed by atoms with Gasteiger partial charge in [-0.3, -0.25) is 19.2 Å². The molecule has 0 rings (SSSR count). The van der Waals surface area contributed by atoms with Gasteiger partial charge in [-0.2, -0.15) is 0 Å². The third-order valence-corrected chi connectivity index (χ3v) is 8.10. The molecule has 0 aliphatic rings. The van der Waals surface area contributed by atoms with Gasteiger partial charge >= 0.3 is 0 Å². The zero-order valence-electron chi connectivity index (χ0n) is 17.8. The zero-order valence-corrected chi connectivity index (χ0v) is 20.9. The Bertz CT molecular complexity index is 621. The Labute approximate surface area is 196 Å². The van der Waals surface area contributed by atoms with E-state index >= 15 is 0 Å². The summed E-state index contributed by atoms with van der Waals surface area (Å²) in [6.07, 6.45) is 0.477. The van der Waals surface area contributed by atoms with Crippen LogP contribution in [0.1, 0.15) is 39.5 Å². The number of halogens is 2. The number of hydrogen-bond acceptors (Lipinski definition) is 6. The number of hydrogen-bond donors (Lipinski definition) is 4. The molecule has 0 bridgehead atoms. The van der Waals surface area contributed by atoms with E-state index in [1.165, 1.54) is 35.7 Å². The Morgan fingerprint density at radius 1 is 0.867 bits per heavy atom. The predicted molar refractivity (Wildman–Crippen MR) is 125 cm³/mol. The summed E-state index contributed by atoms with van der Waals surface area (Å²) < 4.78 is 0. The van der Waals surface area contributed by atoms with E-state index in [1.54, 1.807) is 6.92 Å². The minimum absolute atomic E-state index is 0.0599. The number of rotatable bonds is 15. The molecular formula is C18H32Cl2N4O4S2. The molecule has 0 saturated heterocycles. The van der Waals surface area contributed by atoms with Gasteiger partial charge in [0.25, 0.3) is 0 Å². The first-order chi connectivity index (χ1) is 13.7. The minimum atomic E-state index is -0.765. The molecule has 0 aliphatic heterocycles. The maximum absolute atomic E-state index is 12.1. The molecule has 8 nitrogen and oxygen atoms in total. The molecule has 0 spiro atoms. The lowest BCUT2D eigenvalue weighted by Crippen LogP contribution is -2.37. The first kappa shape index (κ1) is 29.2. The molecule has 0 fully saturated rings. The number of primary amides is 2. The van der Waals surface area contributed by atoms with Crippen LogP contribution in [-0.2, 0) is 19.2 Å². The third-order valence-electron chi connectivity index (χ3n) is 4.32. The quantitative estimate of drug-likeness (QED) is 0.152. The minimum Gasteiger partial charge on any atom is -0.370 e. The summed E-state index contributed by atoms with van der Waals surface area (Å²) in [4.78, 5) is 44.9. The monoisotopic (exact) mass is 502 g/mol. The second-order valence-corrected chi connectivity index (χ2v) is 12.0. The molecule has 4 unspecified atom stereocenters. The molecule has 0 saturated carbocycles. The van der Waals surface area contributed by atoms with Crippen molar-refractivity contribution < 1.29 is 19.2 Å². The van der Waals surface area contributed by atoms with Crippen molar-refractivity contribution in [3.63, 3.8) is 0 Å². The Hall–Kier alpha value is -0.840. The molecule has 12 heteroatoms. The van der Waals surface area contributed by atoms with Gasteiger partial charge in [-0.1, -0.05) is 21.6 Å². The van der Waals surface area contributed by atoms with Gasteiger partial charge in [-0.05, 0) is 26.7 Å². The van der Waals surface area contributed by atoms with E-state index in [1.807, 2.05) is 6.92 Å². The third kappa shape index (κ3) is 12.8. The maximum Gasteiger partial charge on any atom is 0.223 e. The second kappa shape index (κ2) is 13.5. The Morgan fingerprint density at radius 2 is 1.33 bits per heavy atom. The van der Waals surface area contributed by atoms with Crippen LogP contribution in [-0.4, -0.2) is 59.0 Å². The lowest BCUT2D eigenvalue weighted by atomic mass is 9.92.